The highest BCUT2D eigenvalue weighted by Crippen LogP contribution is 2.41. The summed E-state index contributed by atoms with van der Waals surface area (Å²) in [6, 6.07) is 15.7. The van der Waals surface area contributed by atoms with Crippen molar-refractivity contribution in [3.05, 3.63) is 98.4 Å². The molecule has 1 saturated heterocycles. The van der Waals surface area contributed by atoms with Crippen LogP contribution in [0.15, 0.2) is 77.1 Å². The van der Waals surface area contributed by atoms with Gasteiger partial charge in [0, 0.05) is 49.6 Å². The predicted octanol–water partition coefficient (Wildman–Crippen LogP) is 3.18. The summed E-state index contributed by atoms with van der Waals surface area (Å²) < 4.78 is 11.0. The fraction of sp³-hybridized carbons (Fsp3) is 0.357. The minimum absolute atomic E-state index is 0.130. The molecule has 0 saturated carbocycles. The van der Waals surface area contributed by atoms with E-state index in [1.165, 1.54) is 25.3 Å². The van der Waals surface area contributed by atoms with E-state index in [2.05, 4.69) is 10.2 Å². The van der Waals surface area contributed by atoms with E-state index in [-0.39, 0.29) is 23.4 Å². The zero-order valence-electron chi connectivity index (χ0n) is 21.6. The lowest BCUT2D eigenvalue weighted by Crippen LogP contribution is -2.43. The minimum Gasteiger partial charge on any atom is -0.466 e. The Hall–Kier alpha value is -4.02. The van der Waals surface area contributed by atoms with E-state index in [0.717, 1.165) is 5.56 Å². The topological polar surface area (TPSA) is 131 Å². The van der Waals surface area contributed by atoms with E-state index < -0.39 is 28.4 Å². The number of nitro groups is 1. The van der Waals surface area contributed by atoms with Gasteiger partial charge in [-0.2, -0.15) is 0 Å². The Morgan fingerprint density at radius 1 is 1.11 bits per heavy atom. The number of methoxy groups -OCH3 is 1. The molecule has 2 aliphatic heterocycles. The van der Waals surface area contributed by atoms with Crippen molar-refractivity contribution in [3.8, 4) is 0 Å². The largest absolute Gasteiger partial charge is 0.466 e. The number of benzene rings is 2. The number of nitro benzene ring substituents is 1. The van der Waals surface area contributed by atoms with E-state index in [9.17, 15) is 24.8 Å². The Morgan fingerprint density at radius 3 is 2.42 bits per heavy atom. The standard InChI is InChI=1S/C28H31N3O7/c1-18-23(26(33)37-3)25(21-10-7-11-22(14-21)31(35)36)24(19(2)29-18)27(34)38-28(17-32)12-13-30(16-28)15-20-8-5-4-6-9-20/h4-11,14,25,29,32H,12-13,15-17H2,1-3H3/t25?,28-/m0/s1. The van der Waals surface area contributed by atoms with Crippen molar-refractivity contribution in [1.82, 2.24) is 10.2 Å². The van der Waals surface area contributed by atoms with Gasteiger partial charge >= 0.3 is 11.9 Å². The maximum absolute atomic E-state index is 13.8. The second-order valence-corrected chi connectivity index (χ2v) is 9.66. The minimum atomic E-state index is -1.13. The highest BCUT2D eigenvalue weighted by Gasteiger charge is 2.45. The zero-order chi connectivity index (χ0) is 27.4. The molecule has 1 unspecified atom stereocenters. The molecule has 200 valence electrons. The number of nitrogens with one attached hydrogen (secondary N) is 1. The molecule has 0 bridgehead atoms. The van der Waals surface area contributed by atoms with Crippen LogP contribution in [0.4, 0.5) is 5.69 Å². The van der Waals surface area contributed by atoms with Crippen molar-refractivity contribution in [1.29, 1.82) is 0 Å². The fourth-order valence-electron chi connectivity index (χ4n) is 5.20. The molecule has 10 heteroatoms. The van der Waals surface area contributed by atoms with Crippen LogP contribution in [0, 0.1) is 10.1 Å². The molecule has 0 spiro atoms. The van der Waals surface area contributed by atoms with Gasteiger partial charge in [-0.05, 0) is 25.0 Å². The molecule has 1 fully saturated rings. The van der Waals surface area contributed by atoms with Crippen LogP contribution in [0.1, 0.15) is 37.3 Å². The predicted molar refractivity (Wildman–Crippen MR) is 139 cm³/mol. The summed E-state index contributed by atoms with van der Waals surface area (Å²) in [5.41, 5.74) is 1.38. The normalized spacial score (nSPS) is 21.7. The van der Waals surface area contributed by atoms with Crippen LogP contribution < -0.4 is 5.32 Å². The maximum atomic E-state index is 13.8. The van der Waals surface area contributed by atoms with Crippen LogP contribution in [0.5, 0.6) is 0 Å². The Kier molecular flexibility index (Phi) is 7.94. The van der Waals surface area contributed by atoms with Crippen LogP contribution >= 0.6 is 0 Å². The SMILES string of the molecule is COC(=O)C1=C(C)NC(C)=C(C(=O)O[C@@]2(CO)CCN(Cc3ccccc3)C2)C1c1cccc([N+](=O)[O-])c1. The van der Waals surface area contributed by atoms with Gasteiger partial charge in [-0.25, -0.2) is 9.59 Å². The van der Waals surface area contributed by atoms with Gasteiger partial charge in [0.25, 0.3) is 5.69 Å². The number of hydrogen-bond donors (Lipinski definition) is 2. The lowest BCUT2D eigenvalue weighted by molar-refractivity contribution is -0.384. The molecule has 2 aromatic rings. The zero-order valence-corrected chi connectivity index (χ0v) is 21.6. The average Bonchev–Trinajstić information content (AvgIpc) is 3.30. The summed E-state index contributed by atoms with van der Waals surface area (Å²) in [5.74, 6) is -2.35. The molecule has 2 N–H and O–H groups in total. The van der Waals surface area contributed by atoms with E-state index >= 15 is 0 Å². The summed E-state index contributed by atoms with van der Waals surface area (Å²) in [5, 5.41) is 24.9. The smallest absolute Gasteiger partial charge is 0.337 e. The molecule has 2 atom stereocenters. The maximum Gasteiger partial charge on any atom is 0.337 e. The number of carbonyl (C=O) groups excluding carboxylic acids is 2. The molecular formula is C28H31N3O7. The second kappa shape index (κ2) is 11.2. The number of allylic oxidation sites excluding steroid dienone is 2. The summed E-state index contributed by atoms with van der Waals surface area (Å²) in [6.45, 7) is 4.60. The van der Waals surface area contributed by atoms with Crippen LogP contribution in [-0.2, 0) is 25.6 Å². The summed E-state index contributed by atoms with van der Waals surface area (Å²) in [4.78, 5) is 39.7. The molecule has 0 amide bonds. The number of likely N-dealkylation sites (tertiary alicyclic amines) is 1. The van der Waals surface area contributed by atoms with Gasteiger partial charge in [0.1, 0.15) is 5.60 Å². The Labute approximate surface area is 220 Å². The Balaban J connectivity index is 1.67. The first kappa shape index (κ1) is 27.0. The number of aliphatic hydroxyl groups excluding tert-OH is 1. The molecular weight excluding hydrogens is 490 g/mol. The summed E-state index contributed by atoms with van der Waals surface area (Å²) in [7, 11) is 1.23. The van der Waals surface area contributed by atoms with Gasteiger partial charge < -0.3 is 19.9 Å². The van der Waals surface area contributed by atoms with Gasteiger partial charge in [-0.15, -0.1) is 0 Å². The van der Waals surface area contributed by atoms with Gasteiger partial charge in [0.2, 0.25) is 0 Å². The van der Waals surface area contributed by atoms with Gasteiger partial charge in [-0.3, -0.25) is 15.0 Å². The van der Waals surface area contributed by atoms with Crippen molar-refractivity contribution in [3.63, 3.8) is 0 Å². The van der Waals surface area contributed by atoms with Crippen LogP contribution in [-0.4, -0.2) is 59.3 Å². The molecule has 0 aliphatic carbocycles. The molecule has 0 radical (unpaired) electrons. The summed E-state index contributed by atoms with van der Waals surface area (Å²) >= 11 is 0. The fourth-order valence-corrected chi connectivity index (χ4v) is 5.20. The number of non-ortho nitro benzene ring substituents is 1. The van der Waals surface area contributed by atoms with Crippen molar-refractivity contribution < 1.29 is 29.1 Å². The molecule has 0 aromatic heterocycles. The lowest BCUT2D eigenvalue weighted by Gasteiger charge is -2.33. The third-order valence-electron chi connectivity index (χ3n) is 7.04. The number of rotatable bonds is 8. The van der Waals surface area contributed by atoms with E-state index in [1.54, 1.807) is 19.9 Å². The first-order valence-electron chi connectivity index (χ1n) is 12.3. The molecule has 2 aromatic carbocycles. The second-order valence-electron chi connectivity index (χ2n) is 9.66. The van der Waals surface area contributed by atoms with Crippen LogP contribution in [0.2, 0.25) is 0 Å². The first-order valence-corrected chi connectivity index (χ1v) is 12.3. The van der Waals surface area contributed by atoms with E-state index in [1.807, 2.05) is 30.3 Å². The van der Waals surface area contributed by atoms with Crippen LogP contribution in [0.3, 0.4) is 0 Å². The molecule has 2 aliphatic rings. The highest BCUT2D eigenvalue weighted by molar-refractivity contribution is 6.00. The first-order chi connectivity index (χ1) is 18.2. The van der Waals surface area contributed by atoms with Crippen molar-refractivity contribution in [2.45, 2.75) is 38.3 Å². The molecule has 4 rings (SSSR count). The monoisotopic (exact) mass is 521 g/mol. The molecule has 2 heterocycles. The number of esters is 2. The number of nitrogens with zero attached hydrogens (tertiary/aromatic N) is 2. The van der Waals surface area contributed by atoms with Gasteiger partial charge in [0.15, 0.2) is 0 Å². The Morgan fingerprint density at radius 2 is 1.79 bits per heavy atom. The van der Waals surface area contributed by atoms with E-state index in [0.29, 0.717) is 43.0 Å². The third-order valence-corrected chi connectivity index (χ3v) is 7.04. The molecule has 10 nitrogen and oxygen atoms in total. The van der Waals surface area contributed by atoms with Crippen LogP contribution in [0.25, 0.3) is 0 Å². The van der Waals surface area contributed by atoms with Crippen molar-refractivity contribution >= 4 is 17.6 Å². The molecule has 38 heavy (non-hydrogen) atoms. The lowest BCUT2D eigenvalue weighted by atomic mass is 9.80. The highest BCUT2D eigenvalue weighted by atomic mass is 16.6. The van der Waals surface area contributed by atoms with Crippen molar-refractivity contribution in [2.75, 3.05) is 26.8 Å². The van der Waals surface area contributed by atoms with Crippen molar-refractivity contribution in [2.24, 2.45) is 0 Å². The third kappa shape index (κ3) is 5.46. The van der Waals surface area contributed by atoms with Gasteiger partial charge in [0.05, 0.1) is 35.7 Å². The number of carbonyl (C=O) groups is 2. The summed E-state index contributed by atoms with van der Waals surface area (Å²) in [6.07, 6.45) is 0.433. The van der Waals surface area contributed by atoms with Gasteiger partial charge in [-0.1, -0.05) is 42.5 Å². The quantitative estimate of drug-likeness (QED) is 0.305. The number of ether oxygens (including phenoxy) is 2. The van der Waals surface area contributed by atoms with E-state index in [4.69, 9.17) is 9.47 Å². The number of dihydropyridines is 1. The number of aliphatic hydroxyl groups is 1. The Bertz CT molecular complexity index is 1300. The average molecular weight is 522 g/mol. The number of hydrogen-bond acceptors (Lipinski definition) is 9.